The van der Waals surface area contributed by atoms with Crippen molar-refractivity contribution in [3.63, 3.8) is 0 Å². The van der Waals surface area contributed by atoms with E-state index >= 15 is 0 Å². The largest absolute Gasteiger partial charge is 0.507 e. The zero-order chi connectivity index (χ0) is 17.6. The third-order valence-corrected chi connectivity index (χ3v) is 5.75. The second-order valence-electron chi connectivity index (χ2n) is 6.70. The molecule has 0 aromatic heterocycles. The Balaban J connectivity index is 1.51. The summed E-state index contributed by atoms with van der Waals surface area (Å²) < 4.78 is 5.27. The Hall–Kier alpha value is -1.69. The third-order valence-electron chi connectivity index (χ3n) is 5.00. The van der Waals surface area contributed by atoms with E-state index in [0.29, 0.717) is 5.75 Å². The normalized spacial score (nSPS) is 20.4. The molecule has 4 nitrogen and oxygen atoms in total. The Labute approximate surface area is 154 Å². The number of benzene rings is 2. The Kier molecular flexibility index (Phi) is 6.24. The number of quaternary nitrogens is 2. The van der Waals surface area contributed by atoms with Crippen LogP contribution in [-0.2, 0) is 13.1 Å². The van der Waals surface area contributed by atoms with Crippen molar-refractivity contribution < 1.29 is 19.6 Å². The van der Waals surface area contributed by atoms with Gasteiger partial charge in [-0.1, -0.05) is 12.1 Å². The van der Waals surface area contributed by atoms with Gasteiger partial charge >= 0.3 is 0 Å². The van der Waals surface area contributed by atoms with Crippen molar-refractivity contribution in [1.82, 2.24) is 0 Å². The number of ether oxygens (including phenoxy) is 1. The van der Waals surface area contributed by atoms with Crippen LogP contribution >= 0.6 is 11.8 Å². The number of thioether (sulfide) groups is 1. The minimum Gasteiger partial charge on any atom is -0.507 e. The number of methoxy groups -OCH3 is 1. The molecule has 1 saturated heterocycles. The van der Waals surface area contributed by atoms with Gasteiger partial charge in [0, 0.05) is 10.5 Å². The van der Waals surface area contributed by atoms with Crippen LogP contribution in [0.15, 0.2) is 47.4 Å². The maximum Gasteiger partial charge on any atom is 0.127 e. The molecule has 0 amide bonds. The van der Waals surface area contributed by atoms with Gasteiger partial charge in [-0.25, -0.2) is 0 Å². The molecular weight excluding hydrogens is 332 g/mol. The molecule has 1 aliphatic heterocycles. The fourth-order valence-corrected chi connectivity index (χ4v) is 3.85. The molecule has 0 spiro atoms. The van der Waals surface area contributed by atoms with Crippen molar-refractivity contribution >= 4 is 11.8 Å². The lowest BCUT2D eigenvalue weighted by atomic mass is 10.1. The first kappa shape index (κ1) is 18.1. The van der Waals surface area contributed by atoms with Crippen molar-refractivity contribution in [3.8, 4) is 11.5 Å². The molecule has 25 heavy (non-hydrogen) atoms. The third kappa shape index (κ3) is 4.91. The number of nitrogens with one attached hydrogen (secondary N) is 2. The van der Waals surface area contributed by atoms with Crippen molar-refractivity contribution in [2.24, 2.45) is 0 Å². The number of piperazine rings is 1. The lowest BCUT2D eigenvalue weighted by molar-refractivity contribution is -1.02. The van der Waals surface area contributed by atoms with Crippen molar-refractivity contribution in [3.05, 3.63) is 53.6 Å². The summed E-state index contributed by atoms with van der Waals surface area (Å²) in [4.78, 5) is 4.51. The van der Waals surface area contributed by atoms with Gasteiger partial charge in [-0.3, -0.25) is 0 Å². The molecule has 0 atom stereocenters. The van der Waals surface area contributed by atoms with Gasteiger partial charge in [0.25, 0.3) is 0 Å². The molecule has 1 heterocycles. The van der Waals surface area contributed by atoms with Gasteiger partial charge in [-0.2, -0.15) is 0 Å². The fraction of sp³-hybridized carbons (Fsp3) is 0.400. The molecule has 2 aromatic rings. The molecular formula is C20H28N2O2S+2. The second kappa shape index (κ2) is 8.61. The van der Waals surface area contributed by atoms with Gasteiger partial charge in [-0.05, 0) is 36.6 Å². The van der Waals surface area contributed by atoms with Crippen LogP contribution in [0.5, 0.6) is 11.5 Å². The molecule has 2 aromatic carbocycles. The number of phenolic OH excluding ortho intramolecular Hbond substituents is 1. The summed E-state index contributed by atoms with van der Waals surface area (Å²) in [5.74, 6) is 1.18. The highest BCUT2D eigenvalue weighted by atomic mass is 32.2. The Bertz CT molecular complexity index is 683. The van der Waals surface area contributed by atoms with Crippen LogP contribution in [0.25, 0.3) is 0 Å². The number of hydrogen-bond acceptors (Lipinski definition) is 3. The monoisotopic (exact) mass is 360 g/mol. The zero-order valence-electron chi connectivity index (χ0n) is 15.0. The highest BCUT2D eigenvalue weighted by Crippen LogP contribution is 2.21. The summed E-state index contributed by atoms with van der Waals surface area (Å²) in [6, 6.07) is 14.4. The molecule has 1 aliphatic rings. The summed E-state index contributed by atoms with van der Waals surface area (Å²) in [5, 5.41) is 10.1. The Morgan fingerprint density at radius 2 is 1.60 bits per heavy atom. The molecule has 0 saturated carbocycles. The standard InChI is InChI=1S/C20H26N2O2S/c1-24-18-5-8-20(23)17(13-18)15-22-11-9-21(10-12-22)14-16-3-6-19(25-2)7-4-16/h3-8,13,23H,9-12,14-15H2,1-2H3/p+2. The molecule has 1 fully saturated rings. The maximum atomic E-state index is 10.1. The number of aromatic hydroxyl groups is 1. The van der Waals surface area contributed by atoms with Crippen LogP contribution in [0.1, 0.15) is 11.1 Å². The van der Waals surface area contributed by atoms with Gasteiger partial charge < -0.3 is 19.6 Å². The minimum atomic E-state index is 0.372. The van der Waals surface area contributed by atoms with Crippen molar-refractivity contribution in [2.45, 2.75) is 18.0 Å². The SMILES string of the molecule is COc1ccc(O)c(C[NH+]2CC[NH+](Cc3ccc(SC)cc3)CC2)c1. The summed E-state index contributed by atoms with van der Waals surface area (Å²) in [6.07, 6.45) is 2.11. The smallest absolute Gasteiger partial charge is 0.127 e. The first-order valence-corrected chi connectivity index (χ1v) is 10.1. The lowest BCUT2D eigenvalue weighted by Gasteiger charge is -2.30. The number of phenols is 1. The van der Waals surface area contributed by atoms with Gasteiger partial charge in [0.2, 0.25) is 0 Å². The predicted molar refractivity (Wildman–Crippen MR) is 102 cm³/mol. The lowest BCUT2D eigenvalue weighted by Crippen LogP contribution is -3.27. The van der Waals surface area contributed by atoms with E-state index in [0.717, 1.165) is 37.5 Å². The highest BCUT2D eigenvalue weighted by Gasteiger charge is 2.24. The minimum absolute atomic E-state index is 0.372. The molecule has 0 aliphatic carbocycles. The second-order valence-corrected chi connectivity index (χ2v) is 7.58. The Morgan fingerprint density at radius 1 is 0.960 bits per heavy atom. The van der Waals surface area contributed by atoms with Gasteiger partial charge in [0.15, 0.2) is 0 Å². The number of hydrogen-bond donors (Lipinski definition) is 3. The quantitative estimate of drug-likeness (QED) is 0.661. The van der Waals surface area contributed by atoms with Gasteiger partial charge in [0.1, 0.15) is 50.8 Å². The van der Waals surface area contributed by atoms with E-state index in [4.69, 9.17) is 4.74 Å². The molecule has 5 heteroatoms. The molecule has 0 unspecified atom stereocenters. The molecule has 3 rings (SSSR count). The van der Waals surface area contributed by atoms with Gasteiger partial charge in [-0.15, -0.1) is 11.8 Å². The van der Waals surface area contributed by atoms with E-state index in [9.17, 15) is 5.11 Å². The van der Waals surface area contributed by atoms with E-state index < -0.39 is 0 Å². The van der Waals surface area contributed by atoms with E-state index in [-0.39, 0.29) is 0 Å². The Morgan fingerprint density at radius 3 is 2.20 bits per heavy atom. The van der Waals surface area contributed by atoms with Crippen LogP contribution in [0, 0.1) is 0 Å². The molecule has 134 valence electrons. The van der Waals surface area contributed by atoms with Crippen molar-refractivity contribution in [2.75, 3.05) is 39.5 Å². The first-order valence-electron chi connectivity index (χ1n) is 8.84. The molecule has 0 bridgehead atoms. The van der Waals surface area contributed by atoms with Crippen LogP contribution in [0.4, 0.5) is 0 Å². The first-order chi connectivity index (χ1) is 12.2. The van der Waals surface area contributed by atoms with E-state index in [1.165, 1.54) is 28.4 Å². The average Bonchev–Trinajstić information content (AvgIpc) is 2.66. The average molecular weight is 361 g/mol. The molecule has 3 N–H and O–H groups in total. The predicted octanol–water partition coefficient (Wildman–Crippen LogP) is 0.606. The topological polar surface area (TPSA) is 38.3 Å². The van der Waals surface area contributed by atoms with Crippen LogP contribution in [0.3, 0.4) is 0 Å². The summed E-state index contributed by atoms with van der Waals surface area (Å²) in [6.45, 7) is 6.57. The summed E-state index contributed by atoms with van der Waals surface area (Å²) in [7, 11) is 1.66. The maximum absolute atomic E-state index is 10.1. The van der Waals surface area contributed by atoms with Crippen LogP contribution in [0.2, 0.25) is 0 Å². The van der Waals surface area contributed by atoms with Crippen molar-refractivity contribution in [1.29, 1.82) is 0 Å². The molecule has 0 radical (unpaired) electrons. The van der Waals surface area contributed by atoms with Crippen LogP contribution < -0.4 is 14.5 Å². The van der Waals surface area contributed by atoms with Crippen LogP contribution in [-0.4, -0.2) is 44.7 Å². The number of rotatable bonds is 6. The van der Waals surface area contributed by atoms with E-state index in [1.807, 2.05) is 6.07 Å². The van der Waals surface area contributed by atoms with Gasteiger partial charge in [0.05, 0.1) is 12.7 Å². The summed E-state index contributed by atoms with van der Waals surface area (Å²) in [5.41, 5.74) is 2.40. The van der Waals surface area contributed by atoms with E-state index in [2.05, 4.69) is 30.5 Å². The fourth-order valence-electron chi connectivity index (χ4n) is 3.44. The zero-order valence-corrected chi connectivity index (χ0v) is 15.9. The highest BCUT2D eigenvalue weighted by molar-refractivity contribution is 7.98. The summed E-state index contributed by atoms with van der Waals surface area (Å²) >= 11 is 1.79. The van der Waals surface area contributed by atoms with E-state index in [1.54, 1.807) is 35.9 Å².